The minimum atomic E-state index is 0.469. The lowest BCUT2D eigenvalue weighted by Crippen LogP contribution is -1.90. The third-order valence-corrected chi connectivity index (χ3v) is 3.12. The molecule has 18 heavy (non-hydrogen) atoms. The van der Waals surface area contributed by atoms with Crippen LogP contribution >= 0.6 is 11.6 Å². The minimum Gasteiger partial charge on any atom is -0.423 e. The van der Waals surface area contributed by atoms with Crippen molar-refractivity contribution in [3.63, 3.8) is 0 Å². The molecule has 1 heterocycles. The van der Waals surface area contributed by atoms with E-state index in [2.05, 4.69) is 10.3 Å². The van der Waals surface area contributed by atoms with Crippen LogP contribution in [0.15, 0.2) is 46.9 Å². The number of halogens is 1. The van der Waals surface area contributed by atoms with E-state index in [4.69, 9.17) is 16.0 Å². The Morgan fingerprint density at radius 3 is 2.78 bits per heavy atom. The smallest absolute Gasteiger partial charge is 0.300 e. The zero-order chi connectivity index (χ0) is 12.5. The van der Waals surface area contributed by atoms with Gasteiger partial charge in [0, 0.05) is 10.7 Å². The van der Waals surface area contributed by atoms with Gasteiger partial charge in [0.25, 0.3) is 6.01 Å². The normalized spacial score (nSPS) is 10.8. The van der Waals surface area contributed by atoms with Crippen molar-refractivity contribution in [2.75, 3.05) is 5.32 Å². The van der Waals surface area contributed by atoms with Gasteiger partial charge in [0.1, 0.15) is 5.52 Å². The van der Waals surface area contributed by atoms with Gasteiger partial charge in [0.05, 0.1) is 0 Å². The lowest BCUT2D eigenvalue weighted by atomic mass is 10.2. The molecule has 0 radical (unpaired) electrons. The van der Waals surface area contributed by atoms with E-state index in [0.29, 0.717) is 6.01 Å². The van der Waals surface area contributed by atoms with Gasteiger partial charge >= 0.3 is 0 Å². The summed E-state index contributed by atoms with van der Waals surface area (Å²) in [5, 5.41) is 3.82. The highest BCUT2D eigenvalue weighted by atomic mass is 35.5. The van der Waals surface area contributed by atoms with Gasteiger partial charge in [-0.05, 0) is 36.8 Å². The molecule has 0 amide bonds. The molecular weight excluding hydrogens is 248 g/mol. The third kappa shape index (κ3) is 2.05. The first kappa shape index (κ1) is 11.1. The largest absolute Gasteiger partial charge is 0.423 e. The first-order chi connectivity index (χ1) is 8.72. The van der Waals surface area contributed by atoms with Gasteiger partial charge < -0.3 is 9.73 Å². The number of hydrogen-bond donors (Lipinski definition) is 1. The molecule has 1 aromatic heterocycles. The topological polar surface area (TPSA) is 38.1 Å². The Morgan fingerprint density at radius 2 is 2.00 bits per heavy atom. The Hall–Kier alpha value is -2.00. The molecule has 0 saturated carbocycles. The summed E-state index contributed by atoms with van der Waals surface area (Å²) in [5.41, 5.74) is 3.49. The monoisotopic (exact) mass is 258 g/mol. The molecule has 0 spiro atoms. The standard InChI is InChI=1S/C14H11ClN2O/c1-9-6-7-10(8-11(9)15)16-14-17-12-4-2-3-5-13(12)18-14/h2-8H,1H3,(H,16,17). The Morgan fingerprint density at radius 1 is 1.17 bits per heavy atom. The number of anilines is 2. The quantitative estimate of drug-likeness (QED) is 0.734. The van der Waals surface area contributed by atoms with Crippen LogP contribution < -0.4 is 5.32 Å². The molecule has 0 aliphatic rings. The fraction of sp³-hybridized carbons (Fsp3) is 0.0714. The second-order valence-corrected chi connectivity index (χ2v) is 4.48. The van der Waals surface area contributed by atoms with Crippen molar-refractivity contribution >= 4 is 34.4 Å². The predicted molar refractivity (Wildman–Crippen MR) is 73.5 cm³/mol. The summed E-state index contributed by atoms with van der Waals surface area (Å²) in [7, 11) is 0. The zero-order valence-electron chi connectivity index (χ0n) is 9.77. The number of nitrogens with one attached hydrogen (secondary N) is 1. The molecular formula is C14H11ClN2O. The second-order valence-electron chi connectivity index (χ2n) is 4.08. The van der Waals surface area contributed by atoms with Crippen LogP contribution in [0, 0.1) is 6.92 Å². The maximum Gasteiger partial charge on any atom is 0.300 e. The van der Waals surface area contributed by atoms with Gasteiger partial charge in [0.15, 0.2) is 5.58 Å². The molecule has 0 bridgehead atoms. The van der Waals surface area contributed by atoms with Crippen molar-refractivity contribution in [3.8, 4) is 0 Å². The van der Waals surface area contributed by atoms with E-state index < -0.39 is 0 Å². The van der Waals surface area contributed by atoms with Crippen LogP contribution in [0.5, 0.6) is 0 Å². The summed E-state index contributed by atoms with van der Waals surface area (Å²) in [6.07, 6.45) is 0. The molecule has 0 aliphatic carbocycles. The van der Waals surface area contributed by atoms with Crippen LogP contribution in [0.4, 0.5) is 11.7 Å². The molecule has 3 nitrogen and oxygen atoms in total. The molecule has 4 heteroatoms. The Bertz CT molecular complexity index is 673. The number of nitrogens with zero attached hydrogens (tertiary/aromatic N) is 1. The van der Waals surface area contributed by atoms with Gasteiger partial charge in [-0.15, -0.1) is 0 Å². The number of hydrogen-bond acceptors (Lipinski definition) is 3. The molecule has 2 aromatic carbocycles. The lowest BCUT2D eigenvalue weighted by molar-refractivity contribution is 0.623. The maximum absolute atomic E-state index is 6.07. The summed E-state index contributed by atoms with van der Waals surface area (Å²) in [6.45, 7) is 1.96. The number of aromatic nitrogens is 1. The second kappa shape index (κ2) is 4.35. The molecule has 0 atom stereocenters. The van der Waals surface area contributed by atoms with Crippen molar-refractivity contribution in [3.05, 3.63) is 53.1 Å². The number of fused-ring (bicyclic) bond motifs is 1. The fourth-order valence-electron chi connectivity index (χ4n) is 1.72. The van der Waals surface area contributed by atoms with Crippen LogP contribution in [0.2, 0.25) is 5.02 Å². The summed E-state index contributed by atoms with van der Waals surface area (Å²) < 4.78 is 5.58. The van der Waals surface area contributed by atoms with Crippen molar-refractivity contribution in [1.82, 2.24) is 4.98 Å². The van der Waals surface area contributed by atoms with Crippen molar-refractivity contribution < 1.29 is 4.42 Å². The predicted octanol–water partition coefficient (Wildman–Crippen LogP) is 4.53. The molecule has 90 valence electrons. The van der Waals surface area contributed by atoms with Gasteiger partial charge in [0.2, 0.25) is 0 Å². The zero-order valence-corrected chi connectivity index (χ0v) is 10.5. The van der Waals surface area contributed by atoms with E-state index >= 15 is 0 Å². The van der Waals surface area contributed by atoms with Crippen molar-refractivity contribution in [1.29, 1.82) is 0 Å². The van der Waals surface area contributed by atoms with Crippen molar-refractivity contribution in [2.45, 2.75) is 6.92 Å². The van der Waals surface area contributed by atoms with E-state index in [1.165, 1.54) is 0 Å². The molecule has 0 saturated heterocycles. The summed E-state index contributed by atoms with van der Waals surface area (Å²) in [6, 6.07) is 13.9. The fourth-order valence-corrected chi connectivity index (χ4v) is 1.90. The highest BCUT2D eigenvalue weighted by Crippen LogP contribution is 2.25. The lowest BCUT2D eigenvalue weighted by Gasteiger charge is -2.03. The average Bonchev–Trinajstić information content (AvgIpc) is 2.76. The van der Waals surface area contributed by atoms with E-state index in [1.54, 1.807) is 0 Å². The molecule has 0 aliphatic heterocycles. The van der Waals surface area contributed by atoms with E-state index in [9.17, 15) is 0 Å². The summed E-state index contributed by atoms with van der Waals surface area (Å²) in [5.74, 6) is 0. The number of benzene rings is 2. The number of oxazole rings is 1. The summed E-state index contributed by atoms with van der Waals surface area (Å²) in [4.78, 5) is 4.34. The molecule has 3 rings (SSSR count). The van der Waals surface area contributed by atoms with Crippen molar-refractivity contribution in [2.24, 2.45) is 0 Å². The average molecular weight is 259 g/mol. The first-order valence-electron chi connectivity index (χ1n) is 5.61. The Balaban J connectivity index is 1.93. The van der Waals surface area contributed by atoms with Crippen LogP contribution in [0.25, 0.3) is 11.1 Å². The molecule has 1 N–H and O–H groups in total. The van der Waals surface area contributed by atoms with Crippen LogP contribution in [0.1, 0.15) is 5.56 Å². The Kier molecular flexibility index (Phi) is 2.68. The first-order valence-corrected chi connectivity index (χ1v) is 5.99. The third-order valence-electron chi connectivity index (χ3n) is 2.72. The van der Waals surface area contributed by atoms with Gasteiger partial charge in [-0.25, -0.2) is 0 Å². The molecule has 0 unspecified atom stereocenters. The van der Waals surface area contributed by atoms with Gasteiger partial charge in [-0.1, -0.05) is 29.8 Å². The Labute approximate surface area is 109 Å². The van der Waals surface area contributed by atoms with E-state index in [-0.39, 0.29) is 0 Å². The van der Waals surface area contributed by atoms with Crippen LogP contribution in [-0.2, 0) is 0 Å². The van der Waals surface area contributed by atoms with Crippen LogP contribution in [-0.4, -0.2) is 4.98 Å². The van der Waals surface area contributed by atoms with Gasteiger partial charge in [-0.2, -0.15) is 4.98 Å². The maximum atomic E-state index is 6.07. The number of para-hydroxylation sites is 2. The SMILES string of the molecule is Cc1ccc(Nc2nc3ccccc3o2)cc1Cl. The minimum absolute atomic E-state index is 0.469. The van der Waals surface area contributed by atoms with E-state index in [0.717, 1.165) is 27.4 Å². The highest BCUT2D eigenvalue weighted by molar-refractivity contribution is 6.31. The van der Waals surface area contributed by atoms with E-state index in [1.807, 2.05) is 49.4 Å². The highest BCUT2D eigenvalue weighted by Gasteiger charge is 2.05. The molecule has 0 fully saturated rings. The number of rotatable bonds is 2. The molecule has 3 aromatic rings. The summed E-state index contributed by atoms with van der Waals surface area (Å²) >= 11 is 6.07. The van der Waals surface area contributed by atoms with Crippen LogP contribution in [0.3, 0.4) is 0 Å². The number of aryl methyl sites for hydroxylation is 1. The van der Waals surface area contributed by atoms with Gasteiger partial charge in [-0.3, -0.25) is 0 Å².